The largest absolute Gasteiger partial charge is 0.369 e. The lowest BCUT2D eigenvalue weighted by molar-refractivity contribution is 0.104. The van der Waals surface area contributed by atoms with Crippen molar-refractivity contribution in [1.82, 2.24) is 14.8 Å². The summed E-state index contributed by atoms with van der Waals surface area (Å²) in [6.07, 6.45) is 1.99. The van der Waals surface area contributed by atoms with Crippen LogP contribution in [0.2, 0.25) is 0 Å². The zero-order chi connectivity index (χ0) is 15.8. The maximum atomic E-state index is 5.88. The fourth-order valence-electron chi connectivity index (χ4n) is 3.17. The molecular weight excluding hydrogens is 306 g/mol. The second kappa shape index (κ2) is 5.91. The Hall–Kier alpha value is -1.98. The molecule has 1 aromatic carbocycles. The molecule has 118 valence electrons. The summed E-state index contributed by atoms with van der Waals surface area (Å²) in [5, 5.41) is 9.72. The summed E-state index contributed by atoms with van der Waals surface area (Å²) < 4.78 is 8.05. The molecule has 0 saturated carbocycles. The van der Waals surface area contributed by atoms with Crippen molar-refractivity contribution in [2.45, 2.75) is 39.9 Å². The third-order valence-corrected chi connectivity index (χ3v) is 5.70. The van der Waals surface area contributed by atoms with E-state index in [2.05, 4.69) is 52.0 Å². The molecule has 1 aliphatic rings. The normalized spacial score (nSPS) is 13.5. The van der Waals surface area contributed by atoms with E-state index in [4.69, 9.17) is 4.74 Å². The molecule has 0 spiro atoms. The molecule has 0 N–H and O–H groups in total. The monoisotopic (exact) mass is 325 g/mol. The Morgan fingerprint density at radius 1 is 1.17 bits per heavy atom. The van der Waals surface area contributed by atoms with Gasteiger partial charge < -0.3 is 4.74 Å². The molecule has 2 aromatic heterocycles. The average Bonchev–Trinajstić information content (AvgIpc) is 3.03. The summed E-state index contributed by atoms with van der Waals surface area (Å²) >= 11 is 1.86. The summed E-state index contributed by atoms with van der Waals surface area (Å²) in [6, 6.07) is 10.6. The Bertz CT molecular complexity index is 836. The predicted molar refractivity (Wildman–Crippen MR) is 91.1 cm³/mol. The maximum absolute atomic E-state index is 5.88. The van der Waals surface area contributed by atoms with Crippen molar-refractivity contribution in [3.63, 3.8) is 0 Å². The second-order valence-corrected chi connectivity index (χ2v) is 6.88. The third kappa shape index (κ3) is 2.50. The average molecular weight is 325 g/mol. The summed E-state index contributed by atoms with van der Waals surface area (Å²) in [5.41, 5.74) is 4.06. The van der Waals surface area contributed by atoms with Crippen molar-refractivity contribution in [2.75, 3.05) is 0 Å². The molecular formula is C18H19N3OS. The van der Waals surface area contributed by atoms with Crippen LogP contribution in [0.1, 0.15) is 40.1 Å². The van der Waals surface area contributed by atoms with Crippen LogP contribution in [-0.2, 0) is 30.8 Å². The molecule has 0 bridgehead atoms. The first-order valence-electron chi connectivity index (χ1n) is 7.94. The molecule has 1 aliphatic heterocycles. The first kappa shape index (κ1) is 14.6. The number of ether oxygens (including phenoxy) is 1. The predicted octanol–water partition coefficient (Wildman–Crippen LogP) is 3.82. The summed E-state index contributed by atoms with van der Waals surface area (Å²) in [6.45, 7) is 5.40. The minimum Gasteiger partial charge on any atom is -0.369 e. The van der Waals surface area contributed by atoms with Crippen molar-refractivity contribution in [1.29, 1.82) is 0 Å². The molecule has 0 amide bonds. The molecule has 4 nitrogen and oxygen atoms in total. The van der Waals surface area contributed by atoms with Crippen LogP contribution in [0.3, 0.4) is 0 Å². The van der Waals surface area contributed by atoms with Crippen molar-refractivity contribution in [2.24, 2.45) is 0 Å². The molecule has 23 heavy (non-hydrogen) atoms. The Labute approximate surface area is 139 Å². The Morgan fingerprint density at radius 2 is 2.00 bits per heavy atom. The number of hydrogen-bond acceptors (Lipinski definition) is 4. The van der Waals surface area contributed by atoms with Crippen molar-refractivity contribution >= 4 is 11.3 Å². The molecule has 0 atom stereocenters. The third-order valence-electron chi connectivity index (χ3n) is 4.30. The number of rotatable bonds is 3. The second-order valence-electron chi connectivity index (χ2n) is 5.80. The van der Waals surface area contributed by atoms with E-state index < -0.39 is 0 Å². The van der Waals surface area contributed by atoms with E-state index in [0.29, 0.717) is 13.2 Å². The lowest BCUT2D eigenvalue weighted by Crippen LogP contribution is -2.00. The number of fused-ring (bicyclic) bond motifs is 3. The molecule has 4 rings (SSSR count). The van der Waals surface area contributed by atoms with Crippen LogP contribution in [0, 0.1) is 6.92 Å². The van der Waals surface area contributed by atoms with Gasteiger partial charge in [-0.15, -0.1) is 21.5 Å². The SMILES string of the molecule is CCc1sc2c(c1Cc1ccccc1)COCc1nnc(C)n1-2. The van der Waals surface area contributed by atoms with Crippen LogP contribution >= 0.6 is 11.3 Å². The zero-order valence-corrected chi connectivity index (χ0v) is 14.2. The smallest absolute Gasteiger partial charge is 0.164 e. The van der Waals surface area contributed by atoms with E-state index in [9.17, 15) is 0 Å². The standard InChI is InChI=1S/C18H19N3OS/c1-3-16-14(9-13-7-5-4-6-8-13)15-10-22-11-17-20-19-12(2)21(17)18(15)23-16/h4-8H,3,9-11H2,1-2H3. The molecule has 3 heterocycles. The van der Waals surface area contributed by atoms with E-state index in [1.54, 1.807) is 0 Å². The van der Waals surface area contributed by atoms with Gasteiger partial charge in [-0.05, 0) is 30.9 Å². The highest BCUT2D eigenvalue weighted by Gasteiger charge is 2.25. The van der Waals surface area contributed by atoms with Gasteiger partial charge in [0.25, 0.3) is 0 Å². The van der Waals surface area contributed by atoms with Crippen LogP contribution in [0.4, 0.5) is 0 Å². The molecule has 3 aromatic rings. The van der Waals surface area contributed by atoms with Crippen LogP contribution in [0.5, 0.6) is 0 Å². The lowest BCUT2D eigenvalue weighted by Gasteiger charge is -2.07. The van der Waals surface area contributed by atoms with Gasteiger partial charge in [-0.2, -0.15) is 0 Å². The summed E-state index contributed by atoms with van der Waals surface area (Å²) in [7, 11) is 0. The molecule has 0 fully saturated rings. The Kier molecular flexibility index (Phi) is 3.75. The van der Waals surface area contributed by atoms with Gasteiger partial charge in [0.1, 0.15) is 17.4 Å². The fraction of sp³-hybridized carbons (Fsp3) is 0.333. The highest BCUT2D eigenvalue weighted by Crippen LogP contribution is 2.37. The first-order chi connectivity index (χ1) is 11.3. The molecule has 0 radical (unpaired) electrons. The van der Waals surface area contributed by atoms with E-state index >= 15 is 0 Å². The van der Waals surface area contributed by atoms with Gasteiger partial charge in [0.15, 0.2) is 5.82 Å². The van der Waals surface area contributed by atoms with Crippen LogP contribution in [0.15, 0.2) is 30.3 Å². The topological polar surface area (TPSA) is 39.9 Å². The number of benzene rings is 1. The number of thiophene rings is 1. The minimum absolute atomic E-state index is 0.522. The van der Waals surface area contributed by atoms with E-state index in [1.807, 2.05) is 18.3 Å². The summed E-state index contributed by atoms with van der Waals surface area (Å²) in [5.74, 6) is 1.83. The van der Waals surface area contributed by atoms with Crippen molar-refractivity contribution in [3.8, 4) is 5.00 Å². The van der Waals surface area contributed by atoms with Gasteiger partial charge >= 0.3 is 0 Å². The number of aryl methyl sites for hydroxylation is 2. The molecule has 0 aliphatic carbocycles. The number of hydrogen-bond donors (Lipinski definition) is 0. The van der Waals surface area contributed by atoms with Crippen LogP contribution in [-0.4, -0.2) is 14.8 Å². The summed E-state index contributed by atoms with van der Waals surface area (Å²) in [4.78, 5) is 1.43. The van der Waals surface area contributed by atoms with Gasteiger partial charge in [-0.1, -0.05) is 37.3 Å². The minimum atomic E-state index is 0.522. The Balaban J connectivity index is 1.86. The van der Waals surface area contributed by atoms with Crippen molar-refractivity contribution < 1.29 is 4.74 Å². The fourth-order valence-corrected chi connectivity index (χ4v) is 4.50. The zero-order valence-electron chi connectivity index (χ0n) is 13.4. The van der Waals surface area contributed by atoms with E-state index in [-0.39, 0.29) is 0 Å². The first-order valence-corrected chi connectivity index (χ1v) is 8.76. The van der Waals surface area contributed by atoms with Gasteiger partial charge in [0, 0.05) is 10.4 Å². The Morgan fingerprint density at radius 3 is 2.78 bits per heavy atom. The lowest BCUT2D eigenvalue weighted by atomic mass is 10.0. The van der Waals surface area contributed by atoms with Crippen molar-refractivity contribution in [3.05, 3.63) is 63.5 Å². The quantitative estimate of drug-likeness (QED) is 0.735. The van der Waals surface area contributed by atoms with Gasteiger partial charge in [-0.25, -0.2) is 0 Å². The highest BCUT2D eigenvalue weighted by molar-refractivity contribution is 7.15. The van der Waals surface area contributed by atoms with Gasteiger partial charge in [-0.3, -0.25) is 4.57 Å². The van der Waals surface area contributed by atoms with Crippen LogP contribution < -0.4 is 0 Å². The van der Waals surface area contributed by atoms with Gasteiger partial charge in [0.05, 0.1) is 6.61 Å². The highest BCUT2D eigenvalue weighted by atomic mass is 32.1. The molecule has 0 unspecified atom stereocenters. The molecule has 5 heteroatoms. The maximum Gasteiger partial charge on any atom is 0.164 e. The number of aromatic nitrogens is 3. The van der Waals surface area contributed by atoms with E-state index in [0.717, 1.165) is 24.5 Å². The van der Waals surface area contributed by atoms with Gasteiger partial charge in [0.2, 0.25) is 0 Å². The van der Waals surface area contributed by atoms with Crippen LogP contribution in [0.25, 0.3) is 5.00 Å². The molecule has 0 saturated heterocycles. The number of nitrogens with zero attached hydrogens (tertiary/aromatic N) is 3. The van der Waals surface area contributed by atoms with E-state index in [1.165, 1.54) is 26.6 Å².